The number of nitrogens with zero attached hydrogens (tertiary/aromatic N) is 1. The summed E-state index contributed by atoms with van der Waals surface area (Å²) in [6, 6.07) is 12.8. The van der Waals surface area contributed by atoms with E-state index in [1.807, 2.05) is 0 Å². The summed E-state index contributed by atoms with van der Waals surface area (Å²) in [5.74, 6) is -0.241. The first-order chi connectivity index (χ1) is 9.58. The number of anilines is 1. The van der Waals surface area contributed by atoms with Crippen LogP contribution < -0.4 is 5.73 Å². The Labute approximate surface area is 115 Å². The van der Waals surface area contributed by atoms with E-state index in [0.717, 1.165) is 0 Å². The number of hydrogen-bond acceptors (Lipinski definition) is 4. The number of nitrogens with two attached hydrogens (primary N) is 1. The quantitative estimate of drug-likeness (QED) is 0.303. The highest BCUT2D eigenvalue weighted by Crippen LogP contribution is 2.16. The average molecular weight is 268 g/mol. The molecule has 2 rings (SSSR count). The number of nitro groups is 1. The second-order valence-corrected chi connectivity index (χ2v) is 4.14. The van der Waals surface area contributed by atoms with E-state index in [9.17, 15) is 14.9 Å². The summed E-state index contributed by atoms with van der Waals surface area (Å²) in [5.41, 5.74) is 7.10. The van der Waals surface area contributed by atoms with Crippen molar-refractivity contribution >= 4 is 23.2 Å². The summed E-state index contributed by atoms with van der Waals surface area (Å²) in [5, 5.41) is 10.7. The van der Waals surface area contributed by atoms with Crippen molar-refractivity contribution in [3.8, 4) is 0 Å². The summed E-state index contributed by atoms with van der Waals surface area (Å²) in [4.78, 5) is 22.1. The van der Waals surface area contributed by atoms with Gasteiger partial charge < -0.3 is 5.73 Å². The number of benzene rings is 2. The first-order valence-electron chi connectivity index (χ1n) is 5.89. The first kappa shape index (κ1) is 13.5. The van der Waals surface area contributed by atoms with Crippen LogP contribution in [-0.4, -0.2) is 10.7 Å². The molecule has 5 nitrogen and oxygen atoms in total. The van der Waals surface area contributed by atoms with Crippen molar-refractivity contribution in [1.29, 1.82) is 0 Å². The van der Waals surface area contributed by atoms with Gasteiger partial charge in [-0.3, -0.25) is 14.9 Å². The number of para-hydroxylation sites is 1. The van der Waals surface area contributed by atoms with Crippen molar-refractivity contribution in [2.24, 2.45) is 0 Å². The number of carbonyl (C=O) groups is 1. The van der Waals surface area contributed by atoms with E-state index in [4.69, 9.17) is 5.73 Å². The predicted molar refractivity (Wildman–Crippen MR) is 77.3 cm³/mol. The zero-order chi connectivity index (χ0) is 14.5. The van der Waals surface area contributed by atoms with Gasteiger partial charge in [0.25, 0.3) is 5.69 Å². The van der Waals surface area contributed by atoms with Crippen LogP contribution in [0.2, 0.25) is 0 Å². The Balaban J connectivity index is 2.21. The number of non-ortho nitro benzene ring substituents is 1. The molecule has 0 atom stereocenters. The second kappa shape index (κ2) is 5.79. The van der Waals surface area contributed by atoms with Gasteiger partial charge >= 0.3 is 0 Å². The van der Waals surface area contributed by atoms with Crippen LogP contribution in [-0.2, 0) is 0 Å². The maximum Gasteiger partial charge on any atom is 0.270 e. The summed E-state index contributed by atoms with van der Waals surface area (Å²) in [6.45, 7) is 0. The van der Waals surface area contributed by atoms with E-state index in [1.54, 1.807) is 36.4 Å². The van der Waals surface area contributed by atoms with Crippen molar-refractivity contribution in [2.75, 3.05) is 5.73 Å². The van der Waals surface area contributed by atoms with Crippen molar-refractivity contribution in [3.63, 3.8) is 0 Å². The monoisotopic (exact) mass is 268 g/mol. The number of allylic oxidation sites excluding steroid dienone is 1. The van der Waals surface area contributed by atoms with Gasteiger partial charge in [-0.15, -0.1) is 0 Å². The molecular weight excluding hydrogens is 256 g/mol. The number of nitrogen functional groups attached to an aromatic ring is 1. The van der Waals surface area contributed by atoms with Crippen molar-refractivity contribution in [2.45, 2.75) is 0 Å². The van der Waals surface area contributed by atoms with E-state index >= 15 is 0 Å². The maximum atomic E-state index is 12.0. The number of ketones is 1. The molecule has 0 saturated carbocycles. The molecule has 0 aliphatic rings. The lowest BCUT2D eigenvalue weighted by atomic mass is 10.1. The van der Waals surface area contributed by atoms with Crippen molar-refractivity contribution in [1.82, 2.24) is 0 Å². The van der Waals surface area contributed by atoms with E-state index in [-0.39, 0.29) is 11.5 Å². The molecule has 0 fully saturated rings. The highest BCUT2D eigenvalue weighted by Gasteiger charge is 2.06. The molecule has 0 radical (unpaired) electrons. The third-order valence-electron chi connectivity index (χ3n) is 2.73. The third-order valence-corrected chi connectivity index (χ3v) is 2.73. The molecule has 0 heterocycles. The summed E-state index contributed by atoms with van der Waals surface area (Å²) >= 11 is 0. The summed E-state index contributed by atoms with van der Waals surface area (Å²) < 4.78 is 0. The predicted octanol–water partition coefficient (Wildman–Crippen LogP) is 3.07. The Morgan fingerprint density at radius 2 is 1.90 bits per heavy atom. The number of rotatable bonds is 4. The molecule has 0 amide bonds. The molecule has 100 valence electrons. The third kappa shape index (κ3) is 3.08. The molecule has 0 bridgehead atoms. The Hall–Kier alpha value is -2.95. The Morgan fingerprint density at radius 1 is 1.15 bits per heavy atom. The van der Waals surface area contributed by atoms with E-state index in [0.29, 0.717) is 16.8 Å². The topological polar surface area (TPSA) is 86.2 Å². The van der Waals surface area contributed by atoms with Crippen LogP contribution in [0.1, 0.15) is 15.9 Å². The number of carbonyl (C=O) groups excluding carboxylic acids is 1. The minimum absolute atomic E-state index is 0.0150. The Bertz CT molecular complexity index is 693. The molecular formula is C15H12N2O3. The molecule has 0 saturated heterocycles. The molecule has 0 spiro atoms. The van der Waals surface area contributed by atoms with Crippen molar-refractivity contribution in [3.05, 3.63) is 75.8 Å². The second-order valence-electron chi connectivity index (χ2n) is 4.14. The van der Waals surface area contributed by atoms with Crippen LogP contribution >= 0.6 is 0 Å². The lowest BCUT2D eigenvalue weighted by molar-refractivity contribution is -0.384. The smallest absolute Gasteiger partial charge is 0.270 e. The minimum atomic E-state index is -0.478. The lowest BCUT2D eigenvalue weighted by Crippen LogP contribution is -1.99. The van der Waals surface area contributed by atoms with Crippen LogP contribution in [0, 0.1) is 10.1 Å². The standard InChI is InChI=1S/C15H12N2O3/c16-14-7-2-1-6-13(14)15(18)9-8-11-4-3-5-12(10-11)17(19)20/h1-10H,16H2/b9-8+. The minimum Gasteiger partial charge on any atom is -0.398 e. The van der Waals surface area contributed by atoms with Gasteiger partial charge in [0.2, 0.25) is 0 Å². The molecule has 5 heteroatoms. The number of nitro benzene ring substituents is 1. The van der Waals surface area contributed by atoms with Crippen LogP contribution in [0.3, 0.4) is 0 Å². The molecule has 2 aromatic carbocycles. The molecule has 0 aliphatic heterocycles. The van der Waals surface area contributed by atoms with E-state index < -0.39 is 4.92 Å². The van der Waals surface area contributed by atoms with Crippen molar-refractivity contribution < 1.29 is 9.72 Å². The van der Waals surface area contributed by atoms with Gasteiger partial charge in [-0.05, 0) is 23.8 Å². The van der Waals surface area contributed by atoms with Gasteiger partial charge in [0, 0.05) is 23.4 Å². The van der Waals surface area contributed by atoms with Gasteiger partial charge in [-0.2, -0.15) is 0 Å². The fourth-order valence-corrected chi connectivity index (χ4v) is 1.73. The van der Waals surface area contributed by atoms with Gasteiger partial charge in [0.1, 0.15) is 0 Å². The normalized spacial score (nSPS) is 10.6. The molecule has 0 unspecified atom stereocenters. The Kier molecular flexibility index (Phi) is 3.91. The van der Waals surface area contributed by atoms with Gasteiger partial charge in [-0.1, -0.05) is 30.3 Å². The van der Waals surface area contributed by atoms with E-state index in [1.165, 1.54) is 24.3 Å². The largest absolute Gasteiger partial charge is 0.398 e. The SMILES string of the molecule is Nc1ccccc1C(=O)/C=C/c1cccc([N+](=O)[O-])c1. The fraction of sp³-hybridized carbons (Fsp3) is 0. The fourth-order valence-electron chi connectivity index (χ4n) is 1.73. The van der Waals surface area contributed by atoms with Crippen LogP contribution in [0.4, 0.5) is 11.4 Å². The van der Waals surface area contributed by atoms with Crippen LogP contribution in [0.5, 0.6) is 0 Å². The van der Waals surface area contributed by atoms with E-state index in [2.05, 4.69) is 0 Å². The molecule has 2 aromatic rings. The van der Waals surface area contributed by atoms with Gasteiger partial charge in [0.15, 0.2) is 5.78 Å². The highest BCUT2D eigenvalue weighted by atomic mass is 16.6. The number of hydrogen-bond donors (Lipinski definition) is 1. The van der Waals surface area contributed by atoms with Crippen LogP contribution in [0.15, 0.2) is 54.6 Å². The first-order valence-corrected chi connectivity index (χ1v) is 5.89. The highest BCUT2D eigenvalue weighted by molar-refractivity contribution is 6.10. The van der Waals surface area contributed by atoms with Gasteiger partial charge in [-0.25, -0.2) is 0 Å². The Morgan fingerprint density at radius 3 is 2.60 bits per heavy atom. The molecule has 2 N–H and O–H groups in total. The molecule has 20 heavy (non-hydrogen) atoms. The average Bonchev–Trinajstić information content (AvgIpc) is 2.45. The van der Waals surface area contributed by atoms with Gasteiger partial charge in [0.05, 0.1) is 4.92 Å². The molecule has 0 aromatic heterocycles. The lowest BCUT2D eigenvalue weighted by Gasteiger charge is -2.00. The summed E-state index contributed by atoms with van der Waals surface area (Å²) in [6.07, 6.45) is 2.88. The zero-order valence-corrected chi connectivity index (χ0v) is 10.5. The maximum absolute atomic E-state index is 12.0. The zero-order valence-electron chi connectivity index (χ0n) is 10.5. The summed E-state index contributed by atoms with van der Waals surface area (Å²) in [7, 11) is 0. The van der Waals surface area contributed by atoms with Crippen LogP contribution in [0.25, 0.3) is 6.08 Å². The molecule has 0 aliphatic carbocycles.